The first-order valence-corrected chi connectivity index (χ1v) is 12.5. The number of carbonyl (C=O) groups is 2. The molecule has 4 rings (SSSR count). The lowest BCUT2D eigenvalue weighted by Gasteiger charge is -2.31. The monoisotopic (exact) mass is 514 g/mol. The van der Waals surface area contributed by atoms with Gasteiger partial charge in [-0.2, -0.15) is 5.10 Å². The summed E-state index contributed by atoms with van der Waals surface area (Å²) >= 11 is 6.29. The highest BCUT2D eigenvalue weighted by atomic mass is 35.5. The molecule has 0 aliphatic carbocycles. The Morgan fingerprint density at radius 3 is 2.64 bits per heavy atom. The fourth-order valence-electron chi connectivity index (χ4n) is 4.32. The summed E-state index contributed by atoms with van der Waals surface area (Å²) in [6.45, 7) is 6.30. The second-order valence-electron chi connectivity index (χ2n) is 8.50. The number of halogens is 1. The minimum atomic E-state index is -0.310. The lowest BCUT2D eigenvalue weighted by Crippen LogP contribution is -2.46. The smallest absolute Gasteiger partial charge is 0.409 e. The number of nitrogens with zero attached hydrogens (tertiary/aromatic N) is 4. The van der Waals surface area contributed by atoms with Crippen molar-refractivity contribution in [3.05, 3.63) is 46.7 Å². The van der Waals surface area contributed by atoms with Gasteiger partial charge in [-0.05, 0) is 44.4 Å². The number of amides is 2. The number of methoxy groups -OCH3 is 1. The Balaban J connectivity index is 1.53. The van der Waals surface area contributed by atoms with Crippen molar-refractivity contribution < 1.29 is 19.1 Å². The average Bonchev–Trinajstić information content (AvgIpc) is 3.31. The molecule has 2 N–H and O–H groups in total. The van der Waals surface area contributed by atoms with Crippen LogP contribution in [0.3, 0.4) is 0 Å². The fourth-order valence-corrected chi connectivity index (χ4v) is 4.60. The minimum absolute atomic E-state index is 0.0505. The Kier molecular flexibility index (Phi) is 8.14. The molecule has 2 aromatic heterocycles. The summed E-state index contributed by atoms with van der Waals surface area (Å²) in [5.41, 5.74) is 2.73. The molecule has 2 amide bonds. The van der Waals surface area contributed by atoms with Gasteiger partial charge in [-0.15, -0.1) is 0 Å². The van der Waals surface area contributed by atoms with Crippen molar-refractivity contribution >= 4 is 40.3 Å². The van der Waals surface area contributed by atoms with E-state index in [0.29, 0.717) is 73.3 Å². The van der Waals surface area contributed by atoms with Crippen LogP contribution in [0.1, 0.15) is 42.6 Å². The Morgan fingerprint density at radius 2 is 1.97 bits per heavy atom. The molecule has 0 unspecified atom stereocenters. The van der Waals surface area contributed by atoms with Crippen molar-refractivity contribution in [2.75, 3.05) is 32.1 Å². The van der Waals surface area contributed by atoms with E-state index in [9.17, 15) is 9.59 Å². The van der Waals surface area contributed by atoms with Crippen molar-refractivity contribution in [3.63, 3.8) is 0 Å². The number of benzene rings is 1. The maximum Gasteiger partial charge on any atom is 0.409 e. The predicted molar refractivity (Wildman–Crippen MR) is 138 cm³/mol. The van der Waals surface area contributed by atoms with Gasteiger partial charge in [-0.1, -0.05) is 17.7 Å². The Labute approximate surface area is 214 Å². The van der Waals surface area contributed by atoms with Crippen LogP contribution < -0.4 is 15.4 Å². The van der Waals surface area contributed by atoms with Gasteiger partial charge in [0.2, 0.25) is 0 Å². The molecule has 1 aliphatic rings. The van der Waals surface area contributed by atoms with Crippen LogP contribution in [0.5, 0.6) is 5.75 Å². The zero-order valence-corrected chi connectivity index (χ0v) is 21.5. The number of ether oxygens (including phenoxy) is 2. The molecule has 1 aliphatic heterocycles. The summed E-state index contributed by atoms with van der Waals surface area (Å²) < 4.78 is 12.1. The molecule has 1 aromatic carbocycles. The zero-order chi connectivity index (χ0) is 25.7. The molecule has 3 aromatic rings. The first-order chi connectivity index (χ1) is 17.4. The molecular weight excluding hydrogens is 484 g/mol. The van der Waals surface area contributed by atoms with Gasteiger partial charge >= 0.3 is 6.09 Å². The van der Waals surface area contributed by atoms with Crippen LogP contribution in [-0.4, -0.2) is 64.5 Å². The van der Waals surface area contributed by atoms with E-state index in [4.69, 9.17) is 21.1 Å². The molecule has 0 saturated carbocycles. The molecule has 11 heteroatoms. The summed E-state index contributed by atoms with van der Waals surface area (Å²) in [6.07, 6.45) is 4.31. The largest absolute Gasteiger partial charge is 0.495 e. The summed E-state index contributed by atoms with van der Waals surface area (Å²) in [5.74, 6) is 0.378. The second kappa shape index (κ2) is 11.5. The van der Waals surface area contributed by atoms with E-state index in [0.717, 1.165) is 10.9 Å². The Hall–Kier alpha value is -3.53. The van der Waals surface area contributed by atoms with E-state index in [1.54, 1.807) is 36.0 Å². The molecule has 0 atom stereocenters. The molecule has 1 fully saturated rings. The summed E-state index contributed by atoms with van der Waals surface area (Å²) in [5, 5.41) is 12.2. The van der Waals surface area contributed by atoms with Crippen LogP contribution in [0.4, 0.5) is 10.5 Å². The van der Waals surface area contributed by atoms with Crippen LogP contribution in [0, 0.1) is 0 Å². The maximum absolute atomic E-state index is 13.4. The third-order valence-electron chi connectivity index (χ3n) is 6.25. The summed E-state index contributed by atoms with van der Waals surface area (Å²) in [7, 11) is 1.57. The van der Waals surface area contributed by atoms with Crippen LogP contribution in [0.15, 0.2) is 30.6 Å². The first kappa shape index (κ1) is 25.6. The van der Waals surface area contributed by atoms with Gasteiger partial charge in [0.1, 0.15) is 5.75 Å². The van der Waals surface area contributed by atoms with Gasteiger partial charge in [0.25, 0.3) is 5.91 Å². The third-order valence-corrected chi connectivity index (χ3v) is 6.55. The molecule has 36 heavy (non-hydrogen) atoms. The number of nitrogens with one attached hydrogen (secondary N) is 2. The quantitative estimate of drug-likeness (QED) is 0.466. The van der Waals surface area contributed by atoms with E-state index in [2.05, 4.69) is 20.7 Å². The van der Waals surface area contributed by atoms with Crippen LogP contribution in [0.25, 0.3) is 11.0 Å². The number of pyridine rings is 1. The van der Waals surface area contributed by atoms with Crippen LogP contribution >= 0.6 is 11.6 Å². The topological polar surface area (TPSA) is 111 Å². The lowest BCUT2D eigenvalue weighted by molar-refractivity contribution is 0.0860. The Morgan fingerprint density at radius 1 is 1.19 bits per heavy atom. The van der Waals surface area contributed by atoms with Gasteiger partial charge in [0, 0.05) is 38.4 Å². The first-order valence-electron chi connectivity index (χ1n) is 12.1. The summed E-state index contributed by atoms with van der Waals surface area (Å²) in [4.78, 5) is 31.5. The minimum Gasteiger partial charge on any atom is -0.495 e. The molecule has 10 nitrogen and oxygen atoms in total. The molecule has 0 radical (unpaired) electrons. The molecule has 1 saturated heterocycles. The van der Waals surface area contributed by atoms with E-state index >= 15 is 0 Å². The van der Waals surface area contributed by atoms with Gasteiger partial charge in [-0.3, -0.25) is 4.79 Å². The van der Waals surface area contributed by atoms with E-state index < -0.39 is 0 Å². The van der Waals surface area contributed by atoms with Crippen molar-refractivity contribution in [3.8, 4) is 5.75 Å². The SMILES string of the molecule is CCOC(=O)N1CCC(NC(=O)c2cnc3c(cnn3CC)c2NCc2ccc(OC)c(Cl)c2)CC1. The fraction of sp³-hybridized carbons (Fsp3) is 0.440. The highest BCUT2D eigenvalue weighted by Crippen LogP contribution is 2.29. The highest BCUT2D eigenvalue weighted by Gasteiger charge is 2.26. The van der Waals surface area contributed by atoms with Gasteiger partial charge < -0.3 is 25.0 Å². The summed E-state index contributed by atoms with van der Waals surface area (Å²) in [6, 6.07) is 5.51. The number of anilines is 1. The number of aryl methyl sites for hydroxylation is 1. The average molecular weight is 515 g/mol. The molecule has 3 heterocycles. The zero-order valence-electron chi connectivity index (χ0n) is 20.7. The predicted octanol–water partition coefficient (Wildman–Crippen LogP) is 4.08. The number of hydrogen-bond acceptors (Lipinski definition) is 7. The Bertz CT molecular complexity index is 1240. The van der Waals surface area contributed by atoms with Crippen molar-refractivity contribution in [1.29, 1.82) is 0 Å². The van der Waals surface area contributed by atoms with E-state index in [-0.39, 0.29) is 18.0 Å². The third kappa shape index (κ3) is 5.48. The van der Waals surface area contributed by atoms with Crippen LogP contribution in [0.2, 0.25) is 5.02 Å². The number of carbonyl (C=O) groups excluding carboxylic acids is 2. The molecule has 0 spiro atoms. The highest BCUT2D eigenvalue weighted by molar-refractivity contribution is 6.32. The lowest BCUT2D eigenvalue weighted by atomic mass is 10.0. The van der Waals surface area contributed by atoms with Crippen molar-refractivity contribution in [1.82, 2.24) is 25.0 Å². The number of likely N-dealkylation sites (tertiary alicyclic amines) is 1. The number of rotatable bonds is 8. The van der Waals surface area contributed by atoms with E-state index in [1.165, 1.54) is 0 Å². The maximum atomic E-state index is 13.4. The van der Waals surface area contributed by atoms with Gasteiger partial charge in [0.15, 0.2) is 5.65 Å². The van der Waals surface area contributed by atoms with Crippen molar-refractivity contribution in [2.24, 2.45) is 0 Å². The second-order valence-corrected chi connectivity index (χ2v) is 8.91. The molecular formula is C25H31ClN6O4. The van der Waals surface area contributed by atoms with Crippen molar-refractivity contribution in [2.45, 2.75) is 45.8 Å². The molecule has 192 valence electrons. The van der Waals surface area contributed by atoms with Gasteiger partial charge in [0.05, 0.1) is 41.6 Å². The standard InChI is InChI=1S/C25H31ClN6O4/c1-4-32-23-18(15-29-32)22(27-13-16-6-7-21(35-3)20(26)12-16)19(14-28-23)24(33)30-17-8-10-31(11-9-17)25(34)36-5-2/h6-7,12,14-15,17H,4-5,8-11,13H2,1-3H3,(H,27,28)(H,30,33). The van der Waals surface area contributed by atoms with Gasteiger partial charge in [-0.25, -0.2) is 14.5 Å². The number of fused-ring (bicyclic) bond motifs is 1. The number of aromatic nitrogens is 3. The normalized spacial score (nSPS) is 14.1. The molecule has 0 bridgehead atoms. The number of piperidine rings is 1. The van der Waals surface area contributed by atoms with Crippen LogP contribution in [-0.2, 0) is 17.8 Å². The number of hydrogen-bond donors (Lipinski definition) is 2. The van der Waals surface area contributed by atoms with E-state index in [1.807, 2.05) is 25.1 Å².